The predicted molar refractivity (Wildman–Crippen MR) is 89.7 cm³/mol. The first-order valence-electron chi connectivity index (χ1n) is 7.14. The van der Waals surface area contributed by atoms with Crippen molar-refractivity contribution in [2.24, 2.45) is 0 Å². The van der Waals surface area contributed by atoms with Crippen LogP contribution in [0.2, 0.25) is 0 Å². The fourth-order valence-electron chi connectivity index (χ4n) is 2.03. The van der Waals surface area contributed by atoms with Gasteiger partial charge in [-0.3, -0.25) is 9.59 Å². The molecule has 23 heavy (non-hydrogen) atoms. The van der Waals surface area contributed by atoms with Gasteiger partial charge in [-0.05, 0) is 30.2 Å². The Bertz CT molecular complexity index is 718. The van der Waals surface area contributed by atoms with Gasteiger partial charge in [0.05, 0.1) is 13.0 Å². The lowest BCUT2D eigenvalue weighted by Crippen LogP contribution is -2.20. The van der Waals surface area contributed by atoms with E-state index >= 15 is 0 Å². The summed E-state index contributed by atoms with van der Waals surface area (Å²) in [4.78, 5) is 35.7. The molecule has 0 unspecified atom stereocenters. The fourth-order valence-corrected chi connectivity index (χ4v) is 2.18. The summed E-state index contributed by atoms with van der Waals surface area (Å²) in [6.45, 7) is 1.71. The van der Waals surface area contributed by atoms with Crippen LogP contribution >= 0.6 is 12.6 Å². The zero-order valence-electron chi connectivity index (χ0n) is 12.6. The normalized spacial score (nSPS) is 10.2. The van der Waals surface area contributed by atoms with Crippen LogP contribution in [0.15, 0.2) is 53.4 Å². The average Bonchev–Trinajstić information content (AvgIpc) is 2.56. The van der Waals surface area contributed by atoms with Crippen LogP contribution in [0.3, 0.4) is 0 Å². The summed E-state index contributed by atoms with van der Waals surface area (Å²) < 4.78 is 4.58. The Kier molecular flexibility index (Phi) is 5.71. The van der Waals surface area contributed by atoms with Gasteiger partial charge in [0.1, 0.15) is 0 Å². The molecule has 0 fully saturated rings. The molecular weight excluding hydrogens is 312 g/mol. The van der Waals surface area contributed by atoms with Crippen molar-refractivity contribution in [2.75, 3.05) is 6.61 Å². The maximum Gasteiger partial charge on any atom is 0.375 e. The lowest BCUT2D eigenvalue weighted by Gasteiger charge is -2.04. The first-order valence-corrected chi connectivity index (χ1v) is 7.58. The Morgan fingerprint density at radius 3 is 1.96 bits per heavy atom. The van der Waals surface area contributed by atoms with Crippen LogP contribution in [0.1, 0.15) is 23.7 Å². The third-order valence-electron chi connectivity index (χ3n) is 3.23. The van der Waals surface area contributed by atoms with E-state index in [1.807, 2.05) is 24.3 Å². The number of Topliss-reactive ketones (excluding diaryl/α,β-unsaturated/α-hetero) is 2. The van der Waals surface area contributed by atoms with Crippen LogP contribution in [0.4, 0.5) is 0 Å². The molecule has 0 saturated carbocycles. The molecule has 2 rings (SSSR count). The van der Waals surface area contributed by atoms with Crippen molar-refractivity contribution in [3.63, 3.8) is 0 Å². The third-order valence-corrected chi connectivity index (χ3v) is 3.53. The number of carbonyl (C=O) groups is 3. The molecule has 118 valence electrons. The first-order chi connectivity index (χ1) is 11.0. The number of hydrogen-bond donors (Lipinski definition) is 1. The lowest BCUT2D eigenvalue weighted by molar-refractivity contribution is -0.153. The topological polar surface area (TPSA) is 60.4 Å². The van der Waals surface area contributed by atoms with E-state index in [0.717, 1.165) is 16.0 Å². The highest BCUT2D eigenvalue weighted by molar-refractivity contribution is 7.80. The van der Waals surface area contributed by atoms with Crippen molar-refractivity contribution < 1.29 is 19.1 Å². The molecule has 4 nitrogen and oxygen atoms in total. The molecule has 0 saturated heterocycles. The molecule has 0 aliphatic heterocycles. The van der Waals surface area contributed by atoms with Crippen LogP contribution in [0, 0.1) is 0 Å². The van der Waals surface area contributed by atoms with E-state index in [4.69, 9.17) is 0 Å². The third kappa shape index (κ3) is 4.53. The highest BCUT2D eigenvalue weighted by Gasteiger charge is 2.19. The van der Waals surface area contributed by atoms with Crippen molar-refractivity contribution in [1.82, 2.24) is 0 Å². The second-order valence-electron chi connectivity index (χ2n) is 4.87. The number of ether oxygens (including phenoxy) is 1. The van der Waals surface area contributed by atoms with Gasteiger partial charge in [0, 0.05) is 10.5 Å². The van der Waals surface area contributed by atoms with E-state index in [2.05, 4.69) is 17.4 Å². The van der Waals surface area contributed by atoms with E-state index in [-0.39, 0.29) is 6.61 Å². The Hall–Kier alpha value is -2.40. The van der Waals surface area contributed by atoms with Crippen LogP contribution in [0.25, 0.3) is 11.1 Å². The minimum absolute atomic E-state index is 0.110. The summed E-state index contributed by atoms with van der Waals surface area (Å²) in [7, 11) is 0. The van der Waals surface area contributed by atoms with Crippen LogP contribution in [-0.4, -0.2) is 24.1 Å². The molecule has 0 radical (unpaired) electrons. The van der Waals surface area contributed by atoms with E-state index in [1.165, 1.54) is 0 Å². The van der Waals surface area contributed by atoms with Crippen molar-refractivity contribution in [3.8, 4) is 11.1 Å². The van der Waals surface area contributed by atoms with Gasteiger partial charge in [-0.1, -0.05) is 36.4 Å². The van der Waals surface area contributed by atoms with Crippen molar-refractivity contribution in [1.29, 1.82) is 0 Å². The second kappa shape index (κ2) is 7.74. The summed E-state index contributed by atoms with van der Waals surface area (Å²) in [6, 6.07) is 14.5. The smallest absolute Gasteiger partial charge is 0.375 e. The van der Waals surface area contributed by atoms with Gasteiger partial charge in [0.2, 0.25) is 5.78 Å². The van der Waals surface area contributed by atoms with Crippen molar-refractivity contribution in [3.05, 3.63) is 54.1 Å². The molecule has 2 aromatic carbocycles. The molecule has 5 heteroatoms. The van der Waals surface area contributed by atoms with Gasteiger partial charge >= 0.3 is 5.97 Å². The molecule has 0 aliphatic rings. The standard InChI is InChI=1S/C18H16O4S/c1-2-22-18(21)17(20)11-16(19)14-5-3-12(4-6-14)13-7-9-15(23)10-8-13/h3-10,23H,2,11H2,1H3. The SMILES string of the molecule is CCOC(=O)C(=O)CC(=O)c1ccc(-c2ccc(S)cc2)cc1. The van der Waals surface area contributed by atoms with E-state index in [0.29, 0.717) is 5.56 Å². The van der Waals surface area contributed by atoms with Crippen molar-refractivity contribution >= 4 is 30.2 Å². The first kappa shape index (κ1) is 17.0. The zero-order chi connectivity index (χ0) is 16.8. The summed E-state index contributed by atoms with van der Waals surface area (Å²) in [5.74, 6) is -2.20. The van der Waals surface area contributed by atoms with Gasteiger partial charge in [0.15, 0.2) is 5.78 Å². The molecule has 0 amide bonds. The van der Waals surface area contributed by atoms with Crippen molar-refractivity contribution in [2.45, 2.75) is 18.2 Å². The fraction of sp³-hybridized carbons (Fsp3) is 0.167. The van der Waals surface area contributed by atoms with Gasteiger partial charge in [-0.2, -0.15) is 0 Å². The molecule has 2 aromatic rings. The van der Waals surface area contributed by atoms with E-state index < -0.39 is 24.0 Å². The lowest BCUT2D eigenvalue weighted by atomic mass is 10.0. The second-order valence-corrected chi connectivity index (χ2v) is 5.38. The Morgan fingerprint density at radius 2 is 1.43 bits per heavy atom. The summed E-state index contributed by atoms with van der Waals surface area (Å²) in [5, 5.41) is 0. The molecule has 0 aromatic heterocycles. The van der Waals surface area contributed by atoms with Gasteiger partial charge in [0.25, 0.3) is 0 Å². The zero-order valence-corrected chi connectivity index (χ0v) is 13.5. The van der Waals surface area contributed by atoms with E-state index in [9.17, 15) is 14.4 Å². The summed E-state index contributed by atoms with van der Waals surface area (Å²) in [5.41, 5.74) is 2.34. The van der Waals surface area contributed by atoms with E-state index in [1.54, 1.807) is 31.2 Å². The highest BCUT2D eigenvalue weighted by Crippen LogP contribution is 2.21. The number of thiol groups is 1. The highest BCUT2D eigenvalue weighted by atomic mass is 32.1. The number of benzene rings is 2. The molecular formula is C18H16O4S. The Balaban J connectivity index is 2.07. The minimum atomic E-state index is -0.968. The van der Waals surface area contributed by atoms with Crippen LogP contribution in [-0.2, 0) is 14.3 Å². The maximum atomic E-state index is 12.0. The number of rotatable bonds is 6. The molecule has 0 spiro atoms. The molecule has 0 bridgehead atoms. The maximum absolute atomic E-state index is 12.0. The largest absolute Gasteiger partial charge is 0.460 e. The van der Waals surface area contributed by atoms with Crippen LogP contribution in [0.5, 0.6) is 0 Å². The van der Waals surface area contributed by atoms with Gasteiger partial charge in [-0.15, -0.1) is 12.6 Å². The van der Waals surface area contributed by atoms with Gasteiger partial charge in [-0.25, -0.2) is 4.79 Å². The molecule has 0 aliphatic carbocycles. The molecule has 0 N–H and O–H groups in total. The Morgan fingerprint density at radius 1 is 0.913 bits per heavy atom. The predicted octanol–water partition coefficient (Wildman–Crippen LogP) is 3.35. The number of esters is 1. The summed E-state index contributed by atoms with van der Waals surface area (Å²) >= 11 is 4.24. The molecule has 0 heterocycles. The monoisotopic (exact) mass is 328 g/mol. The van der Waals surface area contributed by atoms with Gasteiger partial charge < -0.3 is 4.74 Å². The molecule has 0 atom stereocenters. The number of hydrogen-bond acceptors (Lipinski definition) is 5. The summed E-state index contributed by atoms with van der Waals surface area (Å²) in [6.07, 6.45) is -0.480. The quantitative estimate of drug-likeness (QED) is 0.290. The number of carbonyl (C=O) groups excluding carboxylic acids is 3. The average molecular weight is 328 g/mol. The number of ketones is 2. The Labute approximate surface area is 139 Å². The minimum Gasteiger partial charge on any atom is -0.460 e. The van der Waals surface area contributed by atoms with Crippen LogP contribution < -0.4 is 0 Å².